The number of aromatic nitrogens is 2. The summed E-state index contributed by atoms with van der Waals surface area (Å²) >= 11 is 1.22. The molecular weight excluding hydrogens is 344 g/mol. The Hall–Kier alpha value is -2.92. The molecule has 2 aromatic carbocycles. The van der Waals surface area contributed by atoms with Crippen molar-refractivity contribution in [1.82, 2.24) is 9.38 Å². The Balaban J connectivity index is 2.03. The molecular formula is C21H18N2O2S. The van der Waals surface area contributed by atoms with Crippen LogP contribution in [0.3, 0.4) is 0 Å². The van der Waals surface area contributed by atoms with Gasteiger partial charge in [0.15, 0.2) is 4.96 Å². The van der Waals surface area contributed by atoms with Crippen molar-refractivity contribution in [1.29, 1.82) is 0 Å². The van der Waals surface area contributed by atoms with Crippen LogP contribution in [0.5, 0.6) is 0 Å². The monoisotopic (exact) mass is 362 g/mol. The molecule has 0 spiro atoms. The predicted octanol–water partition coefficient (Wildman–Crippen LogP) is 5.35. The average Bonchev–Trinajstić information content (AvgIpc) is 3.13. The van der Waals surface area contributed by atoms with Gasteiger partial charge in [-0.3, -0.25) is 4.40 Å². The van der Waals surface area contributed by atoms with Crippen LogP contribution in [0.25, 0.3) is 27.5 Å². The minimum Gasteiger partial charge on any atom is -0.477 e. The summed E-state index contributed by atoms with van der Waals surface area (Å²) in [6, 6.07) is 15.9. The van der Waals surface area contributed by atoms with Gasteiger partial charge in [-0.25, -0.2) is 9.78 Å². The Labute approximate surface area is 155 Å². The summed E-state index contributed by atoms with van der Waals surface area (Å²) in [6.07, 6.45) is 0. The molecule has 0 radical (unpaired) electrons. The number of benzene rings is 2. The van der Waals surface area contributed by atoms with Crippen molar-refractivity contribution in [2.24, 2.45) is 0 Å². The number of imidazole rings is 1. The minimum atomic E-state index is -0.924. The normalized spacial score (nSPS) is 11.2. The lowest BCUT2D eigenvalue weighted by Crippen LogP contribution is -1.99. The van der Waals surface area contributed by atoms with Crippen LogP contribution in [0.2, 0.25) is 0 Å². The van der Waals surface area contributed by atoms with Crippen LogP contribution in [0.15, 0.2) is 48.5 Å². The topological polar surface area (TPSA) is 54.6 Å². The molecule has 5 heteroatoms. The fraction of sp³-hybridized carbons (Fsp3) is 0.143. The highest BCUT2D eigenvalue weighted by Gasteiger charge is 2.24. The smallest absolute Gasteiger partial charge is 0.348 e. The van der Waals surface area contributed by atoms with Gasteiger partial charge in [0.05, 0.1) is 11.4 Å². The molecule has 0 aliphatic rings. The van der Waals surface area contributed by atoms with Gasteiger partial charge in [0.2, 0.25) is 0 Å². The van der Waals surface area contributed by atoms with Gasteiger partial charge in [0.25, 0.3) is 0 Å². The minimum absolute atomic E-state index is 0.314. The van der Waals surface area contributed by atoms with Crippen LogP contribution in [0.1, 0.15) is 26.5 Å². The number of carboxylic acids is 1. The summed E-state index contributed by atoms with van der Waals surface area (Å²) < 4.78 is 1.97. The Bertz CT molecular complexity index is 1140. The molecule has 0 unspecified atom stereocenters. The standard InChI is InChI=1S/C21H18N2O2S/c1-12-9-10-16(13(2)11-12)17-14(3)23-18(15-7-5-4-6-8-15)19(20(24)25)26-21(23)22-17/h4-11H,1-3H3,(H,24,25). The maximum Gasteiger partial charge on any atom is 0.348 e. The first-order valence-electron chi connectivity index (χ1n) is 8.35. The van der Waals surface area contributed by atoms with Crippen LogP contribution < -0.4 is 0 Å². The molecule has 0 aliphatic heterocycles. The third-order valence-electron chi connectivity index (χ3n) is 4.59. The summed E-state index contributed by atoms with van der Waals surface area (Å²) in [5.74, 6) is -0.924. The van der Waals surface area contributed by atoms with Gasteiger partial charge in [0, 0.05) is 16.8 Å². The van der Waals surface area contributed by atoms with E-state index in [1.165, 1.54) is 22.5 Å². The van der Waals surface area contributed by atoms with E-state index in [4.69, 9.17) is 4.98 Å². The highest BCUT2D eigenvalue weighted by Crippen LogP contribution is 2.37. The molecule has 26 heavy (non-hydrogen) atoms. The van der Waals surface area contributed by atoms with Gasteiger partial charge in [-0.1, -0.05) is 65.4 Å². The number of nitrogens with zero attached hydrogens (tertiary/aromatic N) is 2. The van der Waals surface area contributed by atoms with Crippen LogP contribution >= 0.6 is 11.3 Å². The molecule has 2 aromatic heterocycles. The SMILES string of the molecule is Cc1ccc(-c2nc3sc(C(=O)O)c(-c4ccccc4)n3c2C)c(C)c1. The van der Waals surface area contributed by atoms with Crippen molar-refractivity contribution in [3.63, 3.8) is 0 Å². The van der Waals surface area contributed by atoms with Crippen molar-refractivity contribution < 1.29 is 9.90 Å². The molecule has 0 atom stereocenters. The van der Waals surface area contributed by atoms with Crippen LogP contribution in [0.4, 0.5) is 0 Å². The number of hydrogen-bond acceptors (Lipinski definition) is 3. The Morgan fingerprint density at radius 2 is 1.81 bits per heavy atom. The maximum atomic E-state index is 11.8. The molecule has 0 saturated carbocycles. The molecule has 4 nitrogen and oxygen atoms in total. The first-order valence-corrected chi connectivity index (χ1v) is 9.17. The van der Waals surface area contributed by atoms with Gasteiger partial charge >= 0.3 is 5.97 Å². The van der Waals surface area contributed by atoms with E-state index in [1.54, 1.807) is 0 Å². The number of aryl methyl sites for hydroxylation is 3. The van der Waals surface area contributed by atoms with E-state index >= 15 is 0 Å². The summed E-state index contributed by atoms with van der Waals surface area (Å²) in [4.78, 5) is 17.6. The lowest BCUT2D eigenvalue weighted by atomic mass is 10.0. The molecule has 4 aromatic rings. The predicted molar refractivity (Wildman–Crippen MR) is 105 cm³/mol. The Morgan fingerprint density at radius 3 is 2.46 bits per heavy atom. The number of hydrogen-bond donors (Lipinski definition) is 1. The van der Waals surface area contributed by atoms with Gasteiger partial charge in [-0.05, 0) is 26.3 Å². The Kier molecular flexibility index (Phi) is 3.89. The zero-order valence-electron chi connectivity index (χ0n) is 14.8. The van der Waals surface area contributed by atoms with E-state index < -0.39 is 5.97 Å². The van der Waals surface area contributed by atoms with Gasteiger partial charge < -0.3 is 5.11 Å². The number of carboxylic acid groups (broad SMARTS) is 1. The van der Waals surface area contributed by atoms with Crippen LogP contribution in [-0.4, -0.2) is 20.5 Å². The zero-order chi connectivity index (χ0) is 18.4. The molecule has 0 amide bonds. The molecule has 0 bridgehead atoms. The highest BCUT2D eigenvalue weighted by atomic mass is 32.1. The maximum absolute atomic E-state index is 11.8. The molecule has 130 valence electrons. The van der Waals surface area contributed by atoms with Crippen molar-refractivity contribution in [2.75, 3.05) is 0 Å². The van der Waals surface area contributed by atoms with Gasteiger partial charge in [-0.15, -0.1) is 0 Å². The first-order chi connectivity index (χ1) is 12.5. The highest BCUT2D eigenvalue weighted by molar-refractivity contribution is 7.19. The fourth-order valence-corrected chi connectivity index (χ4v) is 4.42. The average molecular weight is 362 g/mol. The largest absolute Gasteiger partial charge is 0.477 e. The number of thiazole rings is 1. The zero-order valence-corrected chi connectivity index (χ0v) is 15.6. The number of aromatic carboxylic acids is 1. The lowest BCUT2D eigenvalue weighted by molar-refractivity contribution is 0.0702. The molecule has 1 N–H and O–H groups in total. The van der Waals surface area contributed by atoms with Crippen molar-refractivity contribution in [2.45, 2.75) is 20.8 Å². The third kappa shape index (κ3) is 2.52. The number of fused-ring (bicyclic) bond motifs is 1. The Morgan fingerprint density at radius 1 is 1.08 bits per heavy atom. The van der Waals surface area contributed by atoms with Crippen LogP contribution in [-0.2, 0) is 0 Å². The number of rotatable bonds is 3. The van der Waals surface area contributed by atoms with E-state index in [1.807, 2.05) is 41.7 Å². The van der Waals surface area contributed by atoms with Gasteiger partial charge in [0.1, 0.15) is 4.88 Å². The van der Waals surface area contributed by atoms with E-state index in [-0.39, 0.29) is 0 Å². The fourth-order valence-electron chi connectivity index (χ4n) is 3.38. The molecule has 0 saturated heterocycles. The summed E-state index contributed by atoms with van der Waals surface area (Å²) in [7, 11) is 0. The second-order valence-corrected chi connectivity index (χ2v) is 7.41. The second-order valence-electron chi connectivity index (χ2n) is 6.43. The van der Waals surface area contributed by atoms with Crippen molar-refractivity contribution >= 4 is 22.3 Å². The molecule has 0 fully saturated rings. The quantitative estimate of drug-likeness (QED) is 0.534. The third-order valence-corrected chi connectivity index (χ3v) is 5.62. The first kappa shape index (κ1) is 16.5. The summed E-state index contributed by atoms with van der Waals surface area (Å²) in [5.41, 5.74) is 6.89. The number of carbonyl (C=O) groups is 1. The van der Waals surface area contributed by atoms with E-state index in [0.717, 1.165) is 22.5 Å². The second kappa shape index (κ2) is 6.11. The van der Waals surface area contributed by atoms with Crippen LogP contribution in [0, 0.1) is 20.8 Å². The lowest BCUT2D eigenvalue weighted by Gasteiger charge is -2.07. The summed E-state index contributed by atoms with van der Waals surface area (Å²) in [5, 5.41) is 9.67. The van der Waals surface area contributed by atoms with Gasteiger partial charge in [-0.2, -0.15) is 0 Å². The van der Waals surface area contributed by atoms with E-state index in [2.05, 4.69) is 32.0 Å². The molecule has 2 heterocycles. The molecule has 4 rings (SSSR count). The summed E-state index contributed by atoms with van der Waals surface area (Å²) in [6.45, 7) is 6.15. The van der Waals surface area contributed by atoms with E-state index in [9.17, 15) is 9.90 Å². The van der Waals surface area contributed by atoms with Crippen molar-refractivity contribution in [3.8, 4) is 22.5 Å². The van der Waals surface area contributed by atoms with E-state index in [0.29, 0.717) is 15.5 Å². The van der Waals surface area contributed by atoms with Crippen molar-refractivity contribution in [3.05, 3.63) is 70.2 Å². The molecule has 0 aliphatic carbocycles.